The normalized spacial score (nSPS) is 18.8. The van der Waals surface area contributed by atoms with Gasteiger partial charge in [0.25, 0.3) is 0 Å². The number of pyridine rings is 1. The summed E-state index contributed by atoms with van der Waals surface area (Å²) in [6.07, 6.45) is 9.88. The Balaban J connectivity index is 1.78. The van der Waals surface area contributed by atoms with Crippen LogP contribution in [0.15, 0.2) is 18.5 Å². The second-order valence-electron chi connectivity index (χ2n) is 4.74. The molecule has 1 N–H and O–H groups in total. The number of ether oxygens (including phenoxy) is 1. The third-order valence-electron chi connectivity index (χ3n) is 3.22. The molecule has 1 fully saturated rings. The van der Waals surface area contributed by atoms with E-state index in [0.29, 0.717) is 6.04 Å². The van der Waals surface area contributed by atoms with Crippen molar-refractivity contribution in [3.8, 4) is 5.75 Å². The van der Waals surface area contributed by atoms with Gasteiger partial charge < -0.3 is 10.1 Å². The van der Waals surface area contributed by atoms with Crippen LogP contribution in [0.25, 0.3) is 0 Å². The van der Waals surface area contributed by atoms with Crippen molar-refractivity contribution in [3.05, 3.63) is 24.0 Å². The number of nitrogens with one attached hydrogen (secondary N) is 1. The van der Waals surface area contributed by atoms with Crippen LogP contribution >= 0.6 is 0 Å². The lowest BCUT2D eigenvalue weighted by Gasteiger charge is -2.27. The van der Waals surface area contributed by atoms with E-state index in [2.05, 4.69) is 23.3 Å². The molecule has 0 radical (unpaired) electrons. The predicted molar refractivity (Wildman–Crippen MR) is 69.4 cm³/mol. The van der Waals surface area contributed by atoms with Crippen LogP contribution in [0, 0.1) is 0 Å². The molecule has 1 atom stereocenters. The molecule has 2 heterocycles. The number of unbranched alkanes of at least 4 members (excludes halogenated alkanes) is 2. The highest BCUT2D eigenvalue weighted by Crippen LogP contribution is 2.15. The van der Waals surface area contributed by atoms with Crippen molar-refractivity contribution in [2.75, 3.05) is 13.2 Å². The zero-order valence-electron chi connectivity index (χ0n) is 10.6. The third kappa shape index (κ3) is 4.00. The molecule has 1 aliphatic heterocycles. The Bertz CT molecular complexity index is 337. The van der Waals surface area contributed by atoms with Gasteiger partial charge in [-0.1, -0.05) is 19.8 Å². The summed E-state index contributed by atoms with van der Waals surface area (Å²) < 4.78 is 5.73. The van der Waals surface area contributed by atoms with Gasteiger partial charge in [0.15, 0.2) is 0 Å². The maximum Gasteiger partial charge on any atom is 0.137 e. The second-order valence-corrected chi connectivity index (χ2v) is 4.74. The Morgan fingerprint density at radius 1 is 1.41 bits per heavy atom. The van der Waals surface area contributed by atoms with Gasteiger partial charge in [0.05, 0.1) is 6.20 Å². The van der Waals surface area contributed by atoms with Crippen LogP contribution in [0.4, 0.5) is 0 Å². The first-order valence-electron chi connectivity index (χ1n) is 6.68. The van der Waals surface area contributed by atoms with Crippen molar-refractivity contribution in [3.63, 3.8) is 0 Å². The van der Waals surface area contributed by atoms with Gasteiger partial charge in [0, 0.05) is 12.2 Å². The Hall–Kier alpha value is -1.09. The standard InChI is InChI=1S/C14H22N2O/c1-2-3-4-5-12-8-14(10-15-9-12)17-11-13-6-7-16-13/h8-10,13,16H,2-7,11H2,1H3. The molecule has 0 bridgehead atoms. The summed E-state index contributed by atoms with van der Waals surface area (Å²) in [4.78, 5) is 4.24. The summed E-state index contributed by atoms with van der Waals surface area (Å²) in [5, 5.41) is 3.33. The second kappa shape index (κ2) is 6.60. The van der Waals surface area contributed by atoms with E-state index in [4.69, 9.17) is 4.74 Å². The van der Waals surface area contributed by atoms with E-state index < -0.39 is 0 Å². The molecule has 1 unspecified atom stereocenters. The topological polar surface area (TPSA) is 34.1 Å². The summed E-state index contributed by atoms with van der Waals surface area (Å²) in [7, 11) is 0. The van der Waals surface area contributed by atoms with Gasteiger partial charge in [0.1, 0.15) is 12.4 Å². The Kier molecular flexibility index (Phi) is 4.80. The van der Waals surface area contributed by atoms with Gasteiger partial charge in [0.2, 0.25) is 0 Å². The monoisotopic (exact) mass is 234 g/mol. The lowest BCUT2D eigenvalue weighted by molar-refractivity contribution is 0.217. The van der Waals surface area contributed by atoms with Gasteiger partial charge in [-0.3, -0.25) is 4.98 Å². The lowest BCUT2D eigenvalue weighted by atomic mass is 10.1. The molecule has 2 rings (SSSR count). The number of aryl methyl sites for hydroxylation is 1. The van der Waals surface area contributed by atoms with Crippen LogP contribution in [-0.4, -0.2) is 24.2 Å². The molecular formula is C14H22N2O. The van der Waals surface area contributed by atoms with Crippen LogP contribution in [0.5, 0.6) is 5.75 Å². The highest BCUT2D eigenvalue weighted by molar-refractivity contribution is 5.23. The van der Waals surface area contributed by atoms with Gasteiger partial charge >= 0.3 is 0 Å². The SMILES string of the molecule is CCCCCc1cncc(OCC2CCN2)c1. The summed E-state index contributed by atoms with van der Waals surface area (Å²) in [6.45, 7) is 4.12. The lowest BCUT2D eigenvalue weighted by Crippen LogP contribution is -2.46. The van der Waals surface area contributed by atoms with Crippen LogP contribution in [0.1, 0.15) is 38.2 Å². The molecule has 0 aliphatic carbocycles. The summed E-state index contributed by atoms with van der Waals surface area (Å²) in [5.41, 5.74) is 1.29. The fourth-order valence-corrected chi connectivity index (χ4v) is 1.95. The van der Waals surface area contributed by atoms with Crippen molar-refractivity contribution in [2.45, 2.75) is 45.1 Å². The molecule has 1 aromatic rings. The molecule has 17 heavy (non-hydrogen) atoms. The average Bonchev–Trinajstić information content (AvgIpc) is 2.28. The fraction of sp³-hybridized carbons (Fsp3) is 0.643. The van der Waals surface area contributed by atoms with E-state index in [1.807, 2.05) is 12.4 Å². The van der Waals surface area contributed by atoms with Crippen molar-refractivity contribution in [1.29, 1.82) is 0 Å². The molecule has 3 nitrogen and oxygen atoms in total. The van der Waals surface area contributed by atoms with Crippen LogP contribution < -0.4 is 10.1 Å². The van der Waals surface area contributed by atoms with Crippen molar-refractivity contribution in [2.24, 2.45) is 0 Å². The van der Waals surface area contributed by atoms with E-state index in [9.17, 15) is 0 Å². The Morgan fingerprint density at radius 2 is 2.29 bits per heavy atom. The van der Waals surface area contributed by atoms with Crippen molar-refractivity contribution in [1.82, 2.24) is 10.3 Å². The summed E-state index contributed by atoms with van der Waals surface area (Å²) >= 11 is 0. The minimum atomic E-state index is 0.541. The van der Waals surface area contributed by atoms with Gasteiger partial charge in [-0.05, 0) is 37.4 Å². The van der Waals surface area contributed by atoms with E-state index in [1.54, 1.807) is 0 Å². The first-order chi connectivity index (χ1) is 8.38. The number of rotatable bonds is 7. The highest BCUT2D eigenvalue weighted by atomic mass is 16.5. The van der Waals surface area contributed by atoms with E-state index in [-0.39, 0.29) is 0 Å². The van der Waals surface area contributed by atoms with Crippen molar-refractivity contribution < 1.29 is 4.74 Å². The molecule has 0 spiro atoms. The Morgan fingerprint density at radius 3 is 3.00 bits per heavy atom. The Labute approximate surface area is 104 Å². The van der Waals surface area contributed by atoms with Gasteiger partial charge in [-0.25, -0.2) is 0 Å². The minimum absolute atomic E-state index is 0.541. The van der Waals surface area contributed by atoms with E-state index in [1.165, 1.54) is 31.2 Å². The van der Waals surface area contributed by atoms with Crippen molar-refractivity contribution >= 4 is 0 Å². The van der Waals surface area contributed by atoms with Crippen LogP contribution in [-0.2, 0) is 6.42 Å². The summed E-state index contributed by atoms with van der Waals surface area (Å²) in [5.74, 6) is 0.910. The quantitative estimate of drug-likeness (QED) is 0.736. The number of aromatic nitrogens is 1. The fourth-order valence-electron chi connectivity index (χ4n) is 1.95. The third-order valence-corrected chi connectivity index (χ3v) is 3.22. The number of hydrogen-bond acceptors (Lipinski definition) is 3. The maximum absolute atomic E-state index is 5.73. The predicted octanol–water partition coefficient (Wildman–Crippen LogP) is 2.56. The smallest absolute Gasteiger partial charge is 0.137 e. The zero-order valence-corrected chi connectivity index (χ0v) is 10.6. The molecule has 1 aromatic heterocycles. The van der Waals surface area contributed by atoms with Crippen LogP contribution in [0.3, 0.4) is 0 Å². The van der Waals surface area contributed by atoms with E-state index >= 15 is 0 Å². The van der Waals surface area contributed by atoms with Gasteiger partial charge in [-0.15, -0.1) is 0 Å². The molecule has 3 heteroatoms. The zero-order chi connectivity index (χ0) is 11.9. The molecule has 0 saturated carbocycles. The first kappa shape index (κ1) is 12.4. The molecule has 1 aliphatic rings. The molecular weight excluding hydrogens is 212 g/mol. The first-order valence-corrected chi connectivity index (χ1v) is 6.68. The van der Waals surface area contributed by atoms with E-state index in [0.717, 1.165) is 25.3 Å². The van der Waals surface area contributed by atoms with Gasteiger partial charge in [-0.2, -0.15) is 0 Å². The average molecular weight is 234 g/mol. The largest absolute Gasteiger partial charge is 0.490 e. The summed E-state index contributed by atoms with van der Waals surface area (Å²) in [6, 6.07) is 2.67. The highest BCUT2D eigenvalue weighted by Gasteiger charge is 2.16. The minimum Gasteiger partial charge on any atom is -0.490 e. The molecule has 0 aromatic carbocycles. The molecule has 94 valence electrons. The maximum atomic E-state index is 5.73. The number of hydrogen-bond donors (Lipinski definition) is 1. The van der Waals surface area contributed by atoms with Crippen LogP contribution in [0.2, 0.25) is 0 Å². The number of nitrogens with zero attached hydrogens (tertiary/aromatic N) is 1. The molecule has 1 saturated heterocycles. The molecule has 0 amide bonds.